The second-order valence-corrected chi connectivity index (χ2v) is 9.19. The van der Waals surface area contributed by atoms with Crippen LogP contribution in [0, 0.1) is 20.2 Å². The molecule has 0 aliphatic carbocycles. The predicted molar refractivity (Wildman–Crippen MR) is 106 cm³/mol. The summed E-state index contributed by atoms with van der Waals surface area (Å²) in [5, 5.41) is 26.4. The van der Waals surface area contributed by atoms with Gasteiger partial charge in [0.15, 0.2) is 0 Å². The molecule has 0 bridgehead atoms. The van der Waals surface area contributed by atoms with Gasteiger partial charge in [0, 0.05) is 0 Å². The van der Waals surface area contributed by atoms with Gasteiger partial charge in [-0.25, -0.2) is 0 Å². The molecule has 0 amide bonds. The Morgan fingerprint density at radius 2 is 1.81 bits per heavy atom. The van der Waals surface area contributed by atoms with Crippen molar-refractivity contribution in [2.75, 3.05) is 5.43 Å². The van der Waals surface area contributed by atoms with Gasteiger partial charge in [0.05, 0.1) is 0 Å². The molecule has 0 spiro atoms. The standard InChI is InChI=1S/C17H12N4O4Se2/c22-20(23)12-5-7-14(16(11-12)21(24)25)18-19-15(17-4-2-10-27-17)8-6-13-3-1-9-26-13/h1-11,18H. The van der Waals surface area contributed by atoms with E-state index in [9.17, 15) is 20.2 Å². The first-order valence-electron chi connectivity index (χ1n) is 7.56. The number of rotatable bonds is 7. The van der Waals surface area contributed by atoms with Gasteiger partial charge in [-0.3, -0.25) is 0 Å². The van der Waals surface area contributed by atoms with E-state index >= 15 is 0 Å². The molecule has 0 unspecified atom stereocenters. The molecule has 8 nitrogen and oxygen atoms in total. The van der Waals surface area contributed by atoms with E-state index in [2.05, 4.69) is 20.4 Å². The normalized spacial score (nSPS) is 11.6. The molecular weight excluding hydrogens is 482 g/mol. The van der Waals surface area contributed by atoms with Crippen molar-refractivity contribution < 1.29 is 9.85 Å². The summed E-state index contributed by atoms with van der Waals surface area (Å²) in [4.78, 5) is 24.9. The third-order valence-corrected chi connectivity index (χ3v) is 7.04. The Morgan fingerprint density at radius 1 is 1.04 bits per heavy atom. The fraction of sp³-hybridized carbons (Fsp3) is 0. The first kappa shape index (κ1) is 19.0. The van der Waals surface area contributed by atoms with Crippen LogP contribution in [0.5, 0.6) is 0 Å². The maximum absolute atomic E-state index is 11.2. The van der Waals surface area contributed by atoms with Gasteiger partial charge in [-0.05, 0) is 0 Å². The van der Waals surface area contributed by atoms with Crippen molar-refractivity contribution in [2.45, 2.75) is 0 Å². The Kier molecular flexibility index (Phi) is 6.15. The molecule has 0 saturated carbocycles. The predicted octanol–water partition coefficient (Wildman–Crippen LogP) is 3.15. The van der Waals surface area contributed by atoms with Crippen molar-refractivity contribution in [1.29, 1.82) is 0 Å². The number of non-ortho nitro benzene ring substituents is 1. The van der Waals surface area contributed by atoms with Crippen LogP contribution in [-0.4, -0.2) is 44.6 Å². The topological polar surface area (TPSA) is 111 Å². The van der Waals surface area contributed by atoms with Crippen LogP contribution < -0.4 is 5.43 Å². The van der Waals surface area contributed by atoms with Gasteiger partial charge < -0.3 is 0 Å². The number of nitrogens with zero attached hydrogens (tertiary/aromatic N) is 3. The zero-order valence-corrected chi connectivity index (χ0v) is 17.1. The van der Waals surface area contributed by atoms with Crippen LogP contribution in [-0.2, 0) is 0 Å². The molecule has 0 aliphatic rings. The van der Waals surface area contributed by atoms with Crippen LogP contribution in [0.1, 0.15) is 8.87 Å². The fourth-order valence-corrected chi connectivity index (χ4v) is 4.90. The molecule has 3 aromatic rings. The second kappa shape index (κ2) is 8.74. The Balaban J connectivity index is 1.92. The van der Waals surface area contributed by atoms with E-state index in [1.165, 1.54) is 16.6 Å². The van der Waals surface area contributed by atoms with Gasteiger partial charge >= 0.3 is 166 Å². The van der Waals surface area contributed by atoms with E-state index in [1.807, 2.05) is 36.4 Å². The number of nitro benzene ring substituents is 2. The Labute approximate surface area is 165 Å². The number of hydrogen-bond acceptors (Lipinski definition) is 6. The Bertz CT molecular complexity index is 1010. The molecule has 3 rings (SSSR count). The molecule has 0 radical (unpaired) electrons. The van der Waals surface area contributed by atoms with Gasteiger partial charge in [-0.1, -0.05) is 0 Å². The molecule has 0 aliphatic heterocycles. The van der Waals surface area contributed by atoms with Gasteiger partial charge in [-0.2, -0.15) is 0 Å². The molecular formula is C17H12N4O4Se2. The summed E-state index contributed by atoms with van der Waals surface area (Å²) in [5.74, 6) is 0. The second-order valence-electron chi connectivity index (χ2n) is 5.15. The van der Waals surface area contributed by atoms with Crippen molar-refractivity contribution in [3.05, 3.63) is 87.5 Å². The van der Waals surface area contributed by atoms with Gasteiger partial charge in [0.25, 0.3) is 0 Å². The van der Waals surface area contributed by atoms with Crippen molar-refractivity contribution in [1.82, 2.24) is 0 Å². The third-order valence-electron chi connectivity index (χ3n) is 3.41. The number of hydrazone groups is 1. The molecule has 0 saturated heterocycles. The monoisotopic (exact) mass is 496 g/mol. The van der Waals surface area contributed by atoms with Crippen molar-refractivity contribution in [2.24, 2.45) is 5.10 Å². The summed E-state index contributed by atoms with van der Waals surface area (Å²) in [6.07, 6.45) is 3.87. The first-order valence-corrected chi connectivity index (χ1v) is 11.3. The minimum absolute atomic E-state index is 0.0986. The Morgan fingerprint density at radius 3 is 2.44 bits per heavy atom. The van der Waals surface area contributed by atoms with Crippen LogP contribution in [0.3, 0.4) is 0 Å². The summed E-state index contributed by atoms with van der Waals surface area (Å²) in [6, 6.07) is 11.4. The summed E-state index contributed by atoms with van der Waals surface area (Å²) >= 11 is 0.444. The number of benzene rings is 1. The SMILES string of the molecule is O=[N+]([O-])c1ccc(NN=C(C=Cc2ccc[se]2)c2ccc[se]2)c([N+](=O)[O-])c1. The summed E-state index contributed by atoms with van der Waals surface area (Å²) in [7, 11) is 0. The summed E-state index contributed by atoms with van der Waals surface area (Å²) < 4.78 is 2.24. The molecule has 2 aromatic heterocycles. The van der Waals surface area contributed by atoms with E-state index in [4.69, 9.17) is 0 Å². The molecule has 1 aromatic carbocycles. The zero-order chi connectivity index (χ0) is 19.2. The van der Waals surface area contributed by atoms with Gasteiger partial charge in [-0.15, -0.1) is 0 Å². The van der Waals surface area contributed by atoms with Crippen LogP contribution in [0.15, 0.2) is 63.5 Å². The minimum atomic E-state index is -0.670. The molecule has 0 atom stereocenters. The molecule has 0 fully saturated rings. The van der Waals surface area contributed by atoms with Crippen LogP contribution in [0.2, 0.25) is 0 Å². The quantitative estimate of drug-likeness (QED) is 0.235. The zero-order valence-electron chi connectivity index (χ0n) is 13.6. The number of nitro groups is 2. The maximum atomic E-state index is 11.2. The van der Waals surface area contributed by atoms with E-state index in [0.29, 0.717) is 20.2 Å². The van der Waals surface area contributed by atoms with Gasteiger partial charge in [0.1, 0.15) is 0 Å². The van der Waals surface area contributed by atoms with Crippen molar-refractivity contribution in [3.8, 4) is 0 Å². The van der Waals surface area contributed by atoms with Crippen LogP contribution in [0.25, 0.3) is 6.08 Å². The van der Waals surface area contributed by atoms with Crippen LogP contribution >= 0.6 is 0 Å². The van der Waals surface area contributed by atoms with Crippen molar-refractivity contribution >= 4 is 57.9 Å². The molecule has 10 heteroatoms. The summed E-state index contributed by atoms with van der Waals surface area (Å²) in [6.45, 7) is 0. The average Bonchev–Trinajstić information content (AvgIpc) is 3.35. The van der Waals surface area contributed by atoms with Gasteiger partial charge in [0.2, 0.25) is 0 Å². The number of allylic oxidation sites excluding steroid dienone is 1. The van der Waals surface area contributed by atoms with E-state index in [-0.39, 0.29) is 25.9 Å². The van der Waals surface area contributed by atoms with Crippen LogP contribution in [0.4, 0.5) is 17.1 Å². The number of anilines is 1. The van der Waals surface area contributed by atoms with E-state index in [1.54, 1.807) is 0 Å². The molecule has 1 N–H and O–H groups in total. The first-order chi connectivity index (χ1) is 13.0. The number of hydrogen-bond donors (Lipinski definition) is 1. The number of nitrogens with one attached hydrogen (secondary N) is 1. The molecule has 27 heavy (non-hydrogen) atoms. The van der Waals surface area contributed by atoms with Crippen molar-refractivity contribution in [3.63, 3.8) is 0 Å². The van der Waals surface area contributed by atoms with E-state index in [0.717, 1.165) is 10.5 Å². The fourth-order valence-electron chi connectivity index (χ4n) is 2.15. The third kappa shape index (κ3) is 4.90. The summed E-state index contributed by atoms with van der Waals surface area (Å²) in [5.41, 5.74) is 2.73. The average molecular weight is 494 g/mol. The van der Waals surface area contributed by atoms with E-state index < -0.39 is 15.5 Å². The molecule has 136 valence electrons. The molecule has 2 heterocycles. The Hall–Kier alpha value is -2.77.